The second kappa shape index (κ2) is 4.86. The SMILES string of the molecule is CCCN1CCC(O)(c2ccsc2C)CC1. The van der Waals surface area contributed by atoms with Crippen molar-refractivity contribution < 1.29 is 5.11 Å². The van der Waals surface area contributed by atoms with E-state index in [1.807, 2.05) is 0 Å². The third-order valence-electron chi connectivity index (χ3n) is 3.58. The number of thiophene rings is 1. The summed E-state index contributed by atoms with van der Waals surface area (Å²) >= 11 is 1.73. The lowest BCUT2D eigenvalue weighted by molar-refractivity contribution is -0.0258. The number of aliphatic hydroxyl groups is 1. The molecule has 1 N–H and O–H groups in total. The third kappa shape index (κ3) is 2.31. The summed E-state index contributed by atoms with van der Waals surface area (Å²) in [6.07, 6.45) is 2.96. The van der Waals surface area contributed by atoms with Gasteiger partial charge >= 0.3 is 0 Å². The van der Waals surface area contributed by atoms with Crippen LogP contribution in [0.1, 0.15) is 36.6 Å². The Bertz CT molecular complexity index is 339. The zero-order valence-corrected chi connectivity index (χ0v) is 11.0. The van der Waals surface area contributed by atoms with Crippen LogP contribution in [0.4, 0.5) is 0 Å². The first-order chi connectivity index (χ1) is 7.65. The average Bonchev–Trinajstić information content (AvgIpc) is 2.69. The van der Waals surface area contributed by atoms with E-state index in [0.29, 0.717) is 0 Å². The molecule has 0 bridgehead atoms. The maximum Gasteiger partial charge on any atom is 0.0931 e. The Labute approximate surface area is 102 Å². The number of rotatable bonds is 3. The number of nitrogens with zero attached hydrogens (tertiary/aromatic N) is 1. The van der Waals surface area contributed by atoms with Crippen molar-refractivity contribution in [3.63, 3.8) is 0 Å². The van der Waals surface area contributed by atoms with Gasteiger partial charge in [-0.1, -0.05) is 6.92 Å². The average molecular weight is 239 g/mol. The zero-order valence-electron chi connectivity index (χ0n) is 10.2. The molecule has 2 nitrogen and oxygen atoms in total. The maximum absolute atomic E-state index is 10.7. The molecule has 1 aromatic rings. The summed E-state index contributed by atoms with van der Waals surface area (Å²) in [7, 11) is 0. The first-order valence-corrected chi connectivity index (χ1v) is 7.03. The summed E-state index contributed by atoms with van der Waals surface area (Å²) in [5.74, 6) is 0. The first-order valence-electron chi connectivity index (χ1n) is 6.15. The minimum atomic E-state index is -0.561. The van der Waals surface area contributed by atoms with E-state index in [-0.39, 0.29) is 0 Å². The summed E-state index contributed by atoms with van der Waals surface area (Å²) in [6, 6.07) is 2.09. The van der Waals surface area contributed by atoms with Gasteiger partial charge in [0.25, 0.3) is 0 Å². The molecule has 2 rings (SSSR count). The molecule has 16 heavy (non-hydrogen) atoms. The van der Waals surface area contributed by atoms with Crippen molar-refractivity contribution >= 4 is 11.3 Å². The standard InChI is InChI=1S/C13H21NOS/c1-3-7-14-8-5-13(15,6-9-14)12-4-10-16-11(12)2/h4,10,15H,3,5-9H2,1-2H3. The van der Waals surface area contributed by atoms with Crippen LogP contribution >= 0.6 is 11.3 Å². The monoisotopic (exact) mass is 239 g/mol. The Morgan fingerprint density at radius 3 is 2.62 bits per heavy atom. The van der Waals surface area contributed by atoms with Crippen molar-refractivity contribution in [1.82, 2.24) is 4.90 Å². The lowest BCUT2D eigenvalue weighted by atomic mass is 9.85. The van der Waals surface area contributed by atoms with Crippen molar-refractivity contribution in [2.75, 3.05) is 19.6 Å². The quantitative estimate of drug-likeness (QED) is 0.876. The molecule has 2 heterocycles. The van der Waals surface area contributed by atoms with Crippen LogP contribution in [0.5, 0.6) is 0 Å². The molecule has 1 fully saturated rings. The minimum Gasteiger partial charge on any atom is -0.385 e. The highest BCUT2D eigenvalue weighted by Crippen LogP contribution is 2.36. The Morgan fingerprint density at radius 2 is 2.12 bits per heavy atom. The van der Waals surface area contributed by atoms with Crippen LogP contribution in [0.15, 0.2) is 11.4 Å². The number of piperidine rings is 1. The van der Waals surface area contributed by atoms with Crippen LogP contribution in [0, 0.1) is 6.92 Å². The van der Waals surface area contributed by atoms with Gasteiger partial charge in [0.05, 0.1) is 5.60 Å². The van der Waals surface area contributed by atoms with E-state index in [2.05, 4.69) is 30.2 Å². The first kappa shape index (κ1) is 12.1. The molecule has 1 aliphatic rings. The van der Waals surface area contributed by atoms with E-state index in [0.717, 1.165) is 31.5 Å². The molecule has 90 valence electrons. The summed E-state index contributed by atoms with van der Waals surface area (Å²) in [5, 5.41) is 12.8. The predicted molar refractivity (Wildman–Crippen MR) is 68.9 cm³/mol. The Hall–Kier alpha value is -0.380. The Kier molecular flexibility index (Phi) is 3.67. The van der Waals surface area contributed by atoms with Gasteiger partial charge in [-0.15, -0.1) is 11.3 Å². The van der Waals surface area contributed by atoms with Crippen molar-refractivity contribution in [2.24, 2.45) is 0 Å². The van der Waals surface area contributed by atoms with E-state index in [1.54, 1.807) is 11.3 Å². The molecule has 1 aliphatic heterocycles. The highest BCUT2D eigenvalue weighted by atomic mass is 32.1. The van der Waals surface area contributed by atoms with Gasteiger partial charge in [0, 0.05) is 18.0 Å². The molecule has 1 saturated heterocycles. The highest BCUT2D eigenvalue weighted by Gasteiger charge is 2.35. The van der Waals surface area contributed by atoms with Crippen LogP contribution in [0.3, 0.4) is 0 Å². The second-order valence-electron chi connectivity index (χ2n) is 4.76. The van der Waals surface area contributed by atoms with Crippen LogP contribution in [-0.2, 0) is 5.60 Å². The number of likely N-dealkylation sites (tertiary alicyclic amines) is 1. The lowest BCUT2D eigenvalue weighted by Gasteiger charge is -2.38. The zero-order chi connectivity index (χ0) is 11.6. The molecule has 0 aromatic carbocycles. The normalized spacial score (nSPS) is 21.2. The summed E-state index contributed by atoms with van der Waals surface area (Å²) < 4.78 is 0. The van der Waals surface area contributed by atoms with Crippen LogP contribution < -0.4 is 0 Å². The summed E-state index contributed by atoms with van der Waals surface area (Å²) in [4.78, 5) is 3.72. The number of aryl methyl sites for hydroxylation is 1. The van der Waals surface area contributed by atoms with Gasteiger partial charge in [0.1, 0.15) is 0 Å². The molecule has 0 atom stereocenters. The van der Waals surface area contributed by atoms with Crippen molar-refractivity contribution in [1.29, 1.82) is 0 Å². The molecular weight excluding hydrogens is 218 g/mol. The third-order valence-corrected chi connectivity index (χ3v) is 4.43. The predicted octanol–water partition coefficient (Wildman–Crippen LogP) is 2.75. The van der Waals surface area contributed by atoms with Crippen molar-refractivity contribution in [3.05, 3.63) is 21.9 Å². The smallest absolute Gasteiger partial charge is 0.0931 e. The highest BCUT2D eigenvalue weighted by molar-refractivity contribution is 7.10. The minimum absolute atomic E-state index is 0.561. The van der Waals surface area contributed by atoms with Gasteiger partial charge in [0.15, 0.2) is 0 Å². The van der Waals surface area contributed by atoms with Gasteiger partial charge in [-0.2, -0.15) is 0 Å². The molecule has 3 heteroatoms. The van der Waals surface area contributed by atoms with E-state index in [9.17, 15) is 5.11 Å². The van der Waals surface area contributed by atoms with Crippen LogP contribution in [-0.4, -0.2) is 29.6 Å². The molecule has 0 saturated carbocycles. The molecular formula is C13H21NOS. The molecule has 0 aliphatic carbocycles. The van der Waals surface area contributed by atoms with Gasteiger partial charge in [-0.05, 0) is 49.7 Å². The maximum atomic E-state index is 10.7. The van der Waals surface area contributed by atoms with E-state index >= 15 is 0 Å². The summed E-state index contributed by atoms with van der Waals surface area (Å²) in [5.41, 5.74) is 0.600. The fraction of sp³-hybridized carbons (Fsp3) is 0.692. The molecule has 0 radical (unpaired) electrons. The van der Waals surface area contributed by atoms with Crippen molar-refractivity contribution in [3.8, 4) is 0 Å². The van der Waals surface area contributed by atoms with Gasteiger partial charge in [-0.3, -0.25) is 0 Å². The Balaban J connectivity index is 2.04. The lowest BCUT2D eigenvalue weighted by Crippen LogP contribution is -2.42. The van der Waals surface area contributed by atoms with Gasteiger partial charge in [0.2, 0.25) is 0 Å². The van der Waals surface area contributed by atoms with Crippen molar-refractivity contribution in [2.45, 2.75) is 38.7 Å². The topological polar surface area (TPSA) is 23.5 Å². The number of hydrogen-bond acceptors (Lipinski definition) is 3. The Morgan fingerprint density at radius 1 is 1.44 bits per heavy atom. The van der Waals surface area contributed by atoms with Crippen LogP contribution in [0.25, 0.3) is 0 Å². The second-order valence-corrected chi connectivity index (χ2v) is 5.88. The molecule has 0 unspecified atom stereocenters. The molecule has 1 aromatic heterocycles. The fourth-order valence-electron chi connectivity index (χ4n) is 2.60. The largest absolute Gasteiger partial charge is 0.385 e. The molecule has 0 amide bonds. The summed E-state index contributed by atoms with van der Waals surface area (Å²) in [6.45, 7) is 7.54. The fourth-order valence-corrected chi connectivity index (χ4v) is 3.39. The molecule has 0 spiro atoms. The number of hydrogen-bond donors (Lipinski definition) is 1. The van der Waals surface area contributed by atoms with E-state index < -0.39 is 5.60 Å². The van der Waals surface area contributed by atoms with E-state index in [4.69, 9.17) is 0 Å². The van der Waals surface area contributed by atoms with Crippen LogP contribution in [0.2, 0.25) is 0 Å². The van der Waals surface area contributed by atoms with Gasteiger partial charge in [-0.25, -0.2) is 0 Å². The van der Waals surface area contributed by atoms with Gasteiger partial charge < -0.3 is 10.0 Å². The van der Waals surface area contributed by atoms with E-state index in [1.165, 1.54) is 17.8 Å².